The normalized spacial score (nSPS) is 18.8. The van der Waals surface area contributed by atoms with Crippen molar-refractivity contribution in [2.24, 2.45) is 0 Å². The fraction of sp³-hybridized carbons (Fsp3) is 0.588. The van der Waals surface area contributed by atoms with Gasteiger partial charge in [0.1, 0.15) is 0 Å². The van der Waals surface area contributed by atoms with Gasteiger partial charge in [-0.2, -0.15) is 0 Å². The monoisotopic (exact) mass is 275 g/mol. The van der Waals surface area contributed by atoms with Crippen LogP contribution in [-0.2, 0) is 9.53 Å². The van der Waals surface area contributed by atoms with Gasteiger partial charge >= 0.3 is 0 Å². The maximum absolute atomic E-state index is 12.1. The van der Waals surface area contributed by atoms with Crippen LogP contribution in [0.1, 0.15) is 43.7 Å². The molecule has 0 bridgehead atoms. The number of hydrogen-bond acceptors (Lipinski definition) is 2. The van der Waals surface area contributed by atoms with Crippen molar-refractivity contribution in [2.45, 2.75) is 45.6 Å². The number of hydrogen-bond donors (Lipinski definition) is 0. The third-order valence-corrected chi connectivity index (χ3v) is 3.94. The minimum Gasteiger partial charge on any atom is -0.378 e. The average Bonchev–Trinajstić information content (AvgIpc) is 2.88. The van der Waals surface area contributed by atoms with Crippen molar-refractivity contribution in [1.82, 2.24) is 4.90 Å². The van der Waals surface area contributed by atoms with E-state index in [-0.39, 0.29) is 12.0 Å². The van der Waals surface area contributed by atoms with Gasteiger partial charge in [-0.05, 0) is 38.3 Å². The minimum absolute atomic E-state index is 0.195. The van der Waals surface area contributed by atoms with E-state index in [4.69, 9.17) is 4.74 Å². The summed E-state index contributed by atoms with van der Waals surface area (Å²) in [4.78, 5) is 14.1. The summed E-state index contributed by atoms with van der Waals surface area (Å²) >= 11 is 0. The molecular weight excluding hydrogens is 250 g/mol. The molecule has 0 N–H and O–H groups in total. The Balaban J connectivity index is 1.86. The first-order chi connectivity index (χ1) is 9.58. The summed E-state index contributed by atoms with van der Waals surface area (Å²) in [6, 6.07) is 8.50. The molecule has 3 nitrogen and oxygen atoms in total. The van der Waals surface area contributed by atoms with Gasteiger partial charge in [0.2, 0.25) is 5.91 Å². The van der Waals surface area contributed by atoms with Crippen LogP contribution in [-0.4, -0.2) is 36.6 Å². The predicted molar refractivity (Wildman–Crippen MR) is 80.8 cm³/mol. The first-order valence-electron chi connectivity index (χ1n) is 7.53. The average molecular weight is 275 g/mol. The number of nitrogens with zero attached hydrogens (tertiary/aromatic N) is 1. The van der Waals surface area contributed by atoms with Gasteiger partial charge in [0.05, 0.1) is 19.1 Å². The molecule has 1 unspecified atom stereocenters. The molecule has 0 aliphatic carbocycles. The van der Waals surface area contributed by atoms with Crippen LogP contribution >= 0.6 is 0 Å². The van der Waals surface area contributed by atoms with Gasteiger partial charge in [0.25, 0.3) is 0 Å². The molecule has 1 aromatic rings. The van der Waals surface area contributed by atoms with E-state index < -0.39 is 0 Å². The number of benzene rings is 1. The lowest BCUT2D eigenvalue weighted by Crippen LogP contribution is -2.29. The summed E-state index contributed by atoms with van der Waals surface area (Å²) < 4.78 is 5.46. The van der Waals surface area contributed by atoms with Crippen LogP contribution in [0.4, 0.5) is 0 Å². The molecule has 1 fully saturated rings. The van der Waals surface area contributed by atoms with E-state index in [0.717, 1.165) is 19.5 Å². The molecule has 1 saturated heterocycles. The highest BCUT2D eigenvalue weighted by Crippen LogP contribution is 2.29. The molecule has 1 aliphatic rings. The molecule has 1 aromatic carbocycles. The molecule has 0 spiro atoms. The fourth-order valence-electron chi connectivity index (χ4n) is 2.83. The van der Waals surface area contributed by atoms with Crippen LogP contribution in [0.15, 0.2) is 24.3 Å². The summed E-state index contributed by atoms with van der Waals surface area (Å²) in [6.07, 6.45) is 1.77. The third-order valence-electron chi connectivity index (χ3n) is 3.94. The number of ether oxygens (including phenoxy) is 1. The predicted octanol–water partition coefficient (Wildman–Crippen LogP) is 3.13. The van der Waals surface area contributed by atoms with E-state index in [9.17, 15) is 4.79 Å². The topological polar surface area (TPSA) is 29.5 Å². The molecule has 2 rings (SSSR count). The number of carbonyl (C=O) groups excluding carboxylic acids is 1. The number of likely N-dealkylation sites (tertiary alicyclic amines) is 1. The lowest BCUT2D eigenvalue weighted by molar-refractivity contribution is -0.131. The van der Waals surface area contributed by atoms with Gasteiger partial charge in [0.15, 0.2) is 0 Å². The lowest BCUT2D eigenvalue weighted by Gasteiger charge is -2.18. The molecule has 0 saturated carbocycles. The molecule has 1 heterocycles. The van der Waals surface area contributed by atoms with Crippen LogP contribution < -0.4 is 0 Å². The summed E-state index contributed by atoms with van der Waals surface area (Å²) in [5, 5.41) is 0. The Kier molecular flexibility index (Phi) is 5.18. The van der Waals surface area contributed by atoms with Crippen LogP contribution in [0, 0.1) is 6.92 Å². The molecule has 3 heteroatoms. The first kappa shape index (κ1) is 15.0. The van der Waals surface area contributed by atoms with E-state index in [2.05, 4.69) is 31.2 Å². The van der Waals surface area contributed by atoms with Crippen molar-refractivity contribution in [3.05, 3.63) is 35.4 Å². The highest BCUT2D eigenvalue weighted by atomic mass is 16.5. The van der Waals surface area contributed by atoms with E-state index >= 15 is 0 Å². The molecule has 0 aromatic heterocycles. The van der Waals surface area contributed by atoms with Crippen molar-refractivity contribution in [3.63, 3.8) is 0 Å². The van der Waals surface area contributed by atoms with E-state index in [1.165, 1.54) is 11.1 Å². The molecule has 0 radical (unpaired) electrons. The summed E-state index contributed by atoms with van der Waals surface area (Å²) in [6.45, 7) is 8.40. The van der Waals surface area contributed by atoms with Crippen LogP contribution in [0.2, 0.25) is 0 Å². The highest BCUT2D eigenvalue weighted by Gasteiger charge is 2.27. The number of amides is 1. The maximum Gasteiger partial charge on any atom is 0.224 e. The second-order valence-corrected chi connectivity index (χ2v) is 5.85. The number of carbonyl (C=O) groups is 1. The van der Waals surface area contributed by atoms with Gasteiger partial charge in [-0.3, -0.25) is 4.79 Å². The van der Waals surface area contributed by atoms with Crippen molar-refractivity contribution in [3.8, 4) is 0 Å². The Labute approximate surface area is 121 Å². The van der Waals surface area contributed by atoms with Gasteiger partial charge < -0.3 is 9.64 Å². The Morgan fingerprint density at radius 1 is 1.40 bits per heavy atom. The van der Waals surface area contributed by atoms with Crippen molar-refractivity contribution in [1.29, 1.82) is 0 Å². The summed E-state index contributed by atoms with van der Waals surface area (Å²) in [5.74, 6) is 0.716. The maximum atomic E-state index is 12.1. The van der Waals surface area contributed by atoms with Crippen LogP contribution in [0.25, 0.3) is 0 Å². The Morgan fingerprint density at radius 3 is 2.85 bits per heavy atom. The fourth-order valence-corrected chi connectivity index (χ4v) is 2.83. The van der Waals surface area contributed by atoms with Crippen molar-refractivity contribution in [2.75, 3.05) is 19.7 Å². The summed E-state index contributed by atoms with van der Waals surface area (Å²) in [7, 11) is 0. The van der Waals surface area contributed by atoms with Crippen LogP contribution in [0.3, 0.4) is 0 Å². The van der Waals surface area contributed by atoms with E-state index in [0.29, 0.717) is 18.9 Å². The van der Waals surface area contributed by atoms with Gasteiger partial charge in [-0.25, -0.2) is 0 Å². The lowest BCUT2D eigenvalue weighted by atomic mass is 9.94. The number of rotatable bonds is 5. The van der Waals surface area contributed by atoms with Crippen molar-refractivity contribution < 1.29 is 9.53 Å². The Bertz CT molecular complexity index is 456. The van der Waals surface area contributed by atoms with E-state index in [1.54, 1.807) is 0 Å². The zero-order valence-corrected chi connectivity index (χ0v) is 12.8. The second-order valence-electron chi connectivity index (χ2n) is 5.85. The van der Waals surface area contributed by atoms with Crippen molar-refractivity contribution >= 4 is 5.91 Å². The molecule has 1 aliphatic heterocycles. The zero-order chi connectivity index (χ0) is 14.5. The smallest absolute Gasteiger partial charge is 0.224 e. The first-order valence-corrected chi connectivity index (χ1v) is 7.53. The molecular formula is C17H25NO2. The van der Waals surface area contributed by atoms with Gasteiger partial charge in [0, 0.05) is 19.0 Å². The second kappa shape index (κ2) is 6.89. The molecule has 1 atom stereocenters. The molecule has 1 amide bonds. The highest BCUT2D eigenvalue weighted by molar-refractivity contribution is 5.76. The Morgan fingerprint density at radius 2 is 2.15 bits per heavy atom. The molecule has 20 heavy (non-hydrogen) atoms. The zero-order valence-electron chi connectivity index (χ0n) is 12.8. The third kappa shape index (κ3) is 3.83. The van der Waals surface area contributed by atoms with Gasteiger partial charge in [-0.15, -0.1) is 0 Å². The summed E-state index contributed by atoms with van der Waals surface area (Å²) in [5.41, 5.74) is 2.72. The minimum atomic E-state index is 0.195. The van der Waals surface area contributed by atoms with Crippen LogP contribution in [0.5, 0.6) is 0 Å². The molecule has 110 valence electrons. The number of aryl methyl sites for hydroxylation is 1. The van der Waals surface area contributed by atoms with E-state index in [1.807, 2.05) is 18.7 Å². The SMILES string of the molecule is Cc1ccccc1C1CCN(C(=O)CCOC(C)C)C1. The largest absolute Gasteiger partial charge is 0.378 e. The van der Waals surface area contributed by atoms with Gasteiger partial charge in [-0.1, -0.05) is 24.3 Å². The standard InChI is InChI=1S/C17H25NO2/c1-13(2)20-11-9-17(19)18-10-8-15(12-18)16-7-5-4-6-14(16)3/h4-7,13,15H,8-12H2,1-3H3. The quantitative estimate of drug-likeness (QED) is 0.826. The Hall–Kier alpha value is -1.35.